The molecule has 1 atom stereocenters. The van der Waals surface area contributed by atoms with Gasteiger partial charge in [-0.05, 0) is 55.5 Å². The van der Waals surface area contributed by atoms with Gasteiger partial charge < -0.3 is 19.5 Å². The average Bonchev–Trinajstić information content (AvgIpc) is 3.32. The first-order chi connectivity index (χ1) is 15.7. The number of fused-ring (bicyclic) bond motifs is 1. The highest BCUT2D eigenvalue weighted by Gasteiger charge is 2.37. The second kappa shape index (κ2) is 9.51. The Morgan fingerprint density at radius 1 is 1.06 bits per heavy atom. The van der Waals surface area contributed by atoms with Crippen molar-refractivity contribution in [3.8, 4) is 11.5 Å². The quantitative estimate of drug-likeness (QED) is 0.751. The maximum absolute atomic E-state index is 13.2. The topological polar surface area (TPSA) is 60.0 Å². The predicted molar refractivity (Wildman–Crippen MR) is 122 cm³/mol. The first-order valence-corrected chi connectivity index (χ1v) is 11.7. The lowest BCUT2D eigenvalue weighted by molar-refractivity contribution is -0.127. The molecule has 2 aromatic carbocycles. The van der Waals surface area contributed by atoms with E-state index in [0.717, 1.165) is 56.8 Å². The lowest BCUT2D eigenvalue weighted by Gasteiger charge is -2.39. The minimum atomic E-state index is -0.132. The summed E-state index contributed by atoms with van der Waals surface area (Å²) in [5.74, 6) is 1.81. The van der Waals surface area contributed by atoms with Crippen LogP contribution in [-0.4, -0.2) is 50.4 Å². The minimum absolute atomic E-state index is 0.0427. The second-order valence-corrected chi connectivity index (χ2v) is 9.24. The van der Waals surface area contributed by atoms with Crippen LogP contribution in [0.5, 0.6) is 11.5 Å². The van der Waals surface area contributed by atoms with Gasteiger partial charge in [0.2, 0.25) is 12.7 Å². The van der Waals surface area contributed by atoms with Crippen LogP contribution in [-0.2, 0) is 21.5 Å². The van der Waals surface area contributed by atoms with Crippen LogP contribution in [0.1, 0.15) is 36.8 Å². The van der Waals surface area contributed by atoms with Gasteiger partial charge in [0.1, 0.15) is 0 Å². The molecule has 5 rings (SSSR count). The zero-order valence-corrected chi connectivity index (χ0v) is 18.6. The molecule has 3 aliphatic heterocycles. The van der Waals surface area contributed by atoms with Crippen molar-refractivity contribution in [3.05, 3.63) is 59.7 Å². The Balaban J connectivity index is 1.24. The van der Waals surface area contributed by atoms with Crippen LogP contribution in [0, 0.1) is 5.92 Å². The molecule has 0 spiro atoms. The Bertz CT molecular complexity index is 927. The third-order valence-corrected chi connectivity index (χ3v) is 7.16. The zero-order chi connectivity index (χ0) is 21.8. The molecule has 170 valence electrons. The van der Waals surface area contributed by atoms with Gasteiger partial charge in [-0.1, -0.05) is 36.4 Å². The Morgan fingerprint density at radius 2 is 1.88 bits per heavy atom. The summed E-state index contributed by atoms with van der Waals surface area (Å²) in [6, 6.07) is 16.7. The van der Waals surface area contributed by atoms with E-state index in [4.69, 9.17) is 14.2 Å². The van der Waals surface area contributed by atoms with Gasteiger partial charge in [-0.2, -0.15) is 0 Å². The maximum Gasteiger partial charge on any atom is 0.231 e. The highest BCUT2D eigenvalue weighted by molar-refractivity contribution is 5.79. The van der Waals surface area contributed by atoms with E-state index < -0.39 is 0 Å². The number of likely N-dealkylation sites (tertiary alicyclic amines) is 1. The first kappa shape index (κ1) is 21.3. The number of amides is 1. The molecule has 0 aliphatic carbocycles. The second-order valence-electron chi connectivity index (χ2n) is 9.24. The smallest absolute Gasteiger partial charge is 0.231 e. The Hall–Kier alpha value is -2.57. The van der Waals surface area contributed by atoms with E-state index >= 15 is 0 Å². The van der Waals surface area contributed by atoms with Crippen LogP contribution in [0.4, 0.5) is 0 Å². The number of hydrogen-bond donors (Lipinski definition) is 1. The van der Waals surface area contributed by atoms with Crippen molar-refractivity contribution in [1.29, 1.82) is 0 Å². The van der Waals surface area contributed by atoms with Crippen LogP contribution in [0.15, 0.2) is 48.5 Å². The molecule has 0 radical (unpaired) electrons. The van der Waals surface area contributed by atoms with E-state index in [9.17, 15) is 4.79 Å². The minimum Gasteiger partial charge on any atom is -0.454 e. The number of nitrogens with one attached hydrogen (secondary N) is 1. The molecule has 32 heavy (non-hydrogen) atoms. The van der Waals surface area contributed by atoms with Crippen molar-refractivity contribution < 1.29 is 19.0 Å². The SMILES string of the molecule is O=C(NCC1(c2ccc3c(c2)OCO3)CCOCC1)C1CCCN(Cc2ccccc2)C1. The molecular weight excluding hydrogens is 404 g/mol. The summed E-state index contributed by atoms with van der Waals surface area (Å²) >= 11 is 0. The van der Waals surface area contributed by atoms with Gasteiger partial charge in [-0.15, -0.1) is 0 Å². The number of ether oxygens (including phenoxy) is 3. The van der Waals surface area contributed by atoms with Crippen LogP contribution in [0.3, 0.4) is 0 Å². The first-order valence-electron chi connectivity index (χ1n) is 11.7. The van der Waals surface area contributed by atoms with Gasteiger partial charge in [0, 0.05) is 38.3 Å². The monoisotopic (exact) mass is 436 g/mol. The van der Waals surface area contributed by atoms with Gasteiger partial charge in [-0.25, -0.2) is 0 Å². The van der Waals surface area contributed by atoms with Gasteiger partial charge in [0.25, 0.3) is 0 Å². The number of rotatable bonds is 6. The number of hydrogen-bond acceptors (Lipinski definition) is 5. The van der Waals surface area contributed by atoms with Crippen molar-refractivity contribution in [2.24, 2.45) is 5.92 Å². The van der Waals surface area contributed by atoms with Crippen molar-refractivity contribution in [3.63, 3.8) is 0 Å². The number of carbonyl (C=O) groups excluding carboxylic acids is 1. The van der Waals surface area contributed by atoms with E-state index in [-0.39, 0.29) is 24.0 Å². The number of piperidine rings is 1. The summed E-state index contributed by atoms with van der Waals surface area (Å²) in [6.07, 6.45) is 3.79. The van der Waals surface area contributed by atoms with E-state index in [2.05, 4.69) is 46.6 Å². The van der Waals surface area contributed by atoms with Crippen molar-refractivity contribution in [2.75, 3.05) is 39.6 Å². The number of nitrogens with zero attached hydrogens (tertiary/aromatic N) is 1. The van der Waals surface area contributed by atoms with E-state index in [1.54, 1.807) is 0 Å². The molecule has 6 nitrogen and oxygen atoms in total. The molecule has 1 N–H and O–H groups in total. The molecular formula is C26H32N2O4. The van der Waals surface area contributed by atoms with E-state index in [0.29, 0.717) is 19.8 Å². The molecule has 2 fully saturated rings. The zero-order valence-electron chi connectivity index (χ0n) is 18.6. The highest BCUT2D eigenvalue weighted by atomic mass is 16.7. The summed E-state index contributed by atoms with van der Waals surface area (Å²) < 4.78 is 16.7. The molecule has 2 saturated heterocycles. The Labute approximate surface area is 189 Å². The summed E-state index contributed by atoms with van der Waals surface area (Å²) in [6.45, 7) is 5.09. The summed E-state index contributed by atoms with van der Waals surface area (Å²) in [5.41, 5.74) is 2.37. The van der Waals surface area contributed by atoms with Crippen LogP contribution < -0.4 is 14.8 Å². The molecule has 6 heteroatoms. The van der Waals surface area contributed by atoms with Crippen molar-refractivity contribution in [1.82, 2.24) is 10.2 Å². The standard InChI is InChI=1S/C26H32N2O4/c29-25(21-7-4-12-28(17-21)16-20-5-2-1-3-6-20)27-18-26(10-13-30-14-11-26)22-8-9-23-24(15-22)32-19-31-23/h1-3,5-6,8-9,15,21H,4,7,10-14,16-19H2,(H,27,29). The molecule has 0 aromatic heterocycles. The van der Waals surface area contributed by atoms with Gasteiger partial charge in [0.15, 0.2) is 11.5 Å². The summed E-state index contributed by atoms with van der Waals surface area (Å²) in [7, 11) is 0. The van der Waals surface area contributed by atoms with E-state index in [1.807, 2.05) is 12.1 Å². The lowest BCUT2D eigenvalue weighted by atomic mass is 9.74. The van der Waals surface area contributed by atoms with Crippen LogP contribution >= 0.6 is 0 Å². The fraction of sp³-hybridized carbons (Fsp3) is 0.500. The van der Waals surface area contributed by atoms with Crippen LogP contribution in [0.25, 0.3) is 0 Å². The summed E-state index contributed by atoms with van der Waals surface area (Å²) in [4.78, 5) is 15.6. The van der Waals surface area contributed by atoms with E-state index in [1.165, 1.54) is 11.1 Å². The van der Waals surface area contributed by atoms with Gasteiger partial charge in [0.05, 0.1) is 5.92 Å². The molecule has 0 saturated carbocycles. The van der Waals surface area contributed by atoms with Crippen LogP contribution in [0.2, 0.25) is 0 Å². The number of carbonyl (C=O) groups is 1. The van der Waals surface area contributed by atoms with Crippen molar-refractivity contribution >= 4 is 5.91 Å². The third kappa shape index (κ3) is 4.62. The fourth-order valence-corrected chi connectivity index (χ4v) is 5.21. The van der Waals surface area contributed by atoms with Crippen molar-refractivity contribution in [2.45, 2.75) is 37.6 Å². The third-order valence-electron chi connectivity index (χ3n) is 7.16. The molecule has 3 aliphatic rings. The normalized spacial score (nSPS) is 22.4. The molecule has 2 aromatic rings. The molecule has 0 bridgehead atoms. The molecule has 1 amide bonds. The van der Waals surface area contributed by atoms with Gasteiger partial charge in [-0.3, -0.25) is 9.69 Å². The Kier molecular flexibility index (Phi) is 6.32. The van der Waals surface area contributed by atoms with Gasteiger partial charge >= 0.3 is 0 Å². The predicted octanol–water partition coefficient (Wildman–Crippen LogP) is 3.49. The lowest BCUT2D eigenvalue weighted by Crippen LogP contribution is -2.48. The molecule has 1 unspecified atom stereocenters. The highest BCUT2D eigenvalue weighted by Crippen LogP contribution is 2.40. The average molecular weight is 437 g/mol. The number of benzene rings is 2. The molecule has 3 heterocycles. The maximum atomic E-state index is 13.2. The summed E-state index contributed by atoms with van der Waals surface area (Å²) in [5, 5.41) is 3.32. The fourth-order valence-electron chi connectivity index (χ4n) is 5.21. The Morgan fingerprint density at radius 3 is 2.72 bits per heavy atom. The largest absolute Gasteiger partial charge is 0.454 e.